The summed E-state index contributed by atoms with van der Waals surface area (Å²) in [5, 5.41) is 4.08. The molecule has 2 unspecified atom stereocenters. The van der Waals surface area contributed by atoms with Crippen LogP contribution in [0.15, 0.2) is 24.3 Å². The van der Waals surface area contributed by atoms with Crippen molar-refractivity contribution in [3.8, 4) is 0 Å². The SMILES string of the molecule is CNC(c1ccccc1Cl)C(OC)C(C)(C)C. The van der Waals surface area contributed by atoms with Gasteiger partial charge in [-0.15, -0.1) is 0 Å². The minimum atomic E-state index is 0.0433. The lowest BCUT2D eigenvalue weighted by molar-refractivity contribution is -0.0101. The summed E-state index contributed by atoms with van der Waals surface area (Å²) < 4.78 is 5.66. The third-order valence-electron chi connectivity index (χ3n) is 2.96. The van der Waals surface area contributed by atoms with Gasteiger partial charge in [0.15, 0.2) is 0 Å². The van der Waals surface area contributed by atoms with Crippen molar-refractivity contribution in [2.75, 3.05) is 14.2 Å². The Morgan fingerprint density at radius 1 is 1.24 bits per heavy atom. The van der Waals surface area contributed by atoms with Crippen LogP contribution in [0.4, 0.5) is 0 Å². The second-order valence-electron chi connectivity index (χ2n) is 5.31. The lowest BCUT2D eigenvalue weighted by atomic mass is 9.82. The normalized spacial score (nSPS) is 15.6. The molecule has 0 fully saturated rings. The fraction of sp³-hybridized carbons (Fsp3) is 0.571. The van der Waals surface area contributed by atoms with Gasteiger partial charge < -0.3 is 10.1 Å². The van der Waals surface area contributed by atoms with Crippen molar-refractivity contribution in [2.24, 2.45) is 5.41 Å². The molecule has 3 heteroatoms. The van der Waals surface area contributed by atoms with Crippen molar-refractivity contribution in [3.63, 3.8) is 0 Å². The summed E-state index contributed by atoms with van der Waals surface area (Å²) in [7, 11) is 3.68. The summed E-state index contributed by atoms with van der Waals surface area (Å²) in [6, 6.07) is 7.99. The first kappa shape index (κ1) is 14.5. The van der Waals surface area contributed by atoms with Crippen molar-refractivity contribution < 1.29 is 4.74 Å². The minimum absolute atomic E-state index is 0.0433. The standard InChI is InChI=1S/C14H22ClNO/c1-14(2,3)13(17-5)12(16-4)10-8-6-7-9-11(10)15/h6-9,12-13,16H,1-5H3. The first-order valence-electron chi connectivity index (χ1n) is 5.86. The number of halogens is 1. The zero-order valence-electron chi connectivity index (χ0n) is 11.3. The molecule has 96 valence electrons. The topological polar surface area (TPSA) is 21.3 Å². The van der Waals surface area contributed by atoms with Crippen LogP contribution >= 0.6 is 11.6 Å². The van der Waals surface area contributed by atoms with E-state index < -0.39 is 0 Å². The molecule has 0 aliphatic rings. The lowest BCUT2D eigenvalue weighted by Gasteiger charge is -2.36. The summed E-state index contributed by atoms with van der Waals surface area (Å²) in [6.07, 6.45) is 0.0624. The van der Waals surface area contributed by atoms with Gasteiger partial charge in [-0.05, 0) is 24.1 Å². The lowest BCUT2D eigenvalue weighted by Crippen LogP contribution is -2.40. The highest BCUT2D eigenvalue weighted by atomic mass is 35.5. The monoisotopic (exact) mass is 255 g/mol. The van der Waals surface area contributed by atoms with Gasteiger partial charge in [0.1, 0.15) is 0 Å². The summed E-state index contributed by atoms with van der Waals surface area (Å²) in [6.45, 7) is 6.51. The Labute approximate surface area is 109 Å². The molecule has 0 aromatic heterocycles. The maximum atomic E-state index is 6.25. The second-order valence-corrected chi connectivity index (χ2v) is 5.72. The molecule has 0 aliphatic heterocycles. The van der Waals surface area contributed by atoms with E-state index in [9.17, 15) is 0 Å². The van der Waals surface area contributed by atoms with E-state index in [0.29, 0.717) is 0 Å². The predicted molar refractivity (Wildman–Crippen MR) is 73.5 cm³/mol. The Balaban J connectivity index is 3.10. The molecule has 1 aromatic rings. The van der Waals surface area contributed by atoms with Crippen molar-refractivity contribution in [3.05, 3.63) is 34.9 Å². The van der Waals surface area contributed by atoms with Gasteiger partial charge in [-0.3, -0.25) is 0 Å². The first-order chi connectivity index (χ1) is 7.91. The van der Waals surface area contributed by atoms with Crippen LogP contribution in [0.25, 0.3) is 0 Å². The Morgan fingerprint density at radius 3 is 2.24 bits per heavy atom. The van der Waals surface area contributed by atoms with E-state index in [1.807, 2.05) is 31.3 Å². The minimum Gasteiger partial charge on any atom is -0.379 e. The molecule has 1 rings (SSSR count). The highest BCUT2D eigenvalue weighted by Gasteiger charge is 2.33. The Morgan fingerprint density at radius 2 is 1.82 bits per heavy atom. The maximum absolute atomic E-state index is 6.25. The van der Waals surface area contributed by atoms with Gasteiger partial charge in [0.05, 0.1) is 12.1 Å². The quantitative estimate of drug-likeness (QED) is 0.887. The van der Waals surface area contributed by atoms with Crippen LogP contribution in [0.1, 0.15) is 32.4 Å². The van der Waals surface area contributed by atoms with Gasteiger partial charge in [-0.25, -0.2) is 0 Å². The average Bonchev–Trinajstić information content (AvgIpc) is 2.25. The maximum Gasteiger partial charge on any atom is 0.0814 e. The van der Waals surface area contributed by atoms with Crippen LogP contribution in [0, 0.1) is 5.41 Å². The van der Waals surface area contributed by atoms with Crippen LogP contribution in [-0.2, 0) is 4.74 Å². The Bertz CT molecular complexity index is 359. The molecular formula is C14H22ClNO. The molecule has 17 heavy (non-hydrogen) atoms. The Kier molecular flexibility index (Phi) is 4.99. The highest BCUT2D eigenvalue weighted by Crippen LogP contribution is 2.34. The van der Waals surface area contributed by atoms with E-state index in [-0.39, 0.29) is 17.6 Å². The van der Waals surface area contributed by atoms with Crippen LogP contribution in [-0.4, -0.2) is 20.3 Å². The van der Waals surface area contributed by atoms with Gasteiger partial charge in [0, 0.05) is 12.1 Å². The molecule has 0 radical (unpaired) electrons. The van der Waals surface area contributed by atoms with Crippen molar-refractivity contribution in [2.45, 2.75) is 32.9 Å². The van der Waals surface area contributed by atoms with Gasteiger partial charge in [0.25, 0.3) is 0 Å². The van der Waals surface area contributed by atoms with E-state index in [1.54, 1.807) is 7.11 Å². The smallest absolute Gasteiger partial charge is 0.0814 e. The number of hydrogen-bond acceptors (Lipinski definition) is 2. The highest BCUT2D eigenvalue weighted by molar-refractivity contribution is 6.31. The second kappa shape index (κ2) is 5.85. The molecule has 0 aliphatic carbocycles. The van der Waals surface area contributed by atoms with Gasteiger partial charge in [-0.2, -0.15) is 0 Å². The molecule has 0 amide bonds. The zero-order valence-corrected chi connectivity index (χ0v) is 12.0. The number of methoxy groups -OCH3 is 1. The fourth-order valence-corrected chi connectivity index (χ4v) is 2.44. The number of rotatable bonds is 4. The molecule has 2 atom stereocenters. The van der Waals surface area contributed by atoms with E-state index in [0.717, 1.165) is 10.6 Å². The number of likely N-dealkylation sites (N-methyl/N-ethyl adjacent to an activating group) is 1. The fourth-order valence-electron chi connectivity index (χ4n) is 2.19. The molecule has 2 nitrogen and oxygen atoms in total. The van der Waals surface area contributed by atoms with E-state index in [2.05, 4.69) is 26.1 Å². The van der Waals surface area contributed by atoms with E-state index in [1.165, 1.54) is 0 Å². The molecule has 1 N–H and O–H groups in total. The van der Waals surface area contributed by atoms with Crippen molar-refractivity contribution in [1.82, 2.24) is 5.32 Å². The van der Waals surface area contributed by atoms with Crippen molar-refractivity contribution in [1.29, 1.82) is 0 Å². The summed E-state index contributed by atoms with van der Waals surface area (Å²) in [5.74, 6) is 0. The third-order valence-corrected chi connectivity index (χ3v) is 3.31. The summed E-state index contributed by atoms with van der Waals surface area (Å²) >= 11 is 6.25. The van der Waals surface area contributed by atoms with Gasteiger partial charge in [0.2, 0.25) is 0 Å². The zero-order chi connectivity index (χ0) is 13.1. The molecule has 0 saturated carbocycles. The average molecular weight is 256 g/mol. The largest absolute Gasteiger partial charge is 0.379 e. The van der Waals surface area contributed by atoms with Gasteiger partial charge >= 0.3 is 0 Å². The molecule has 0 saturated heterocycles. The molecular weight excluding hydrogens is 234 g/mol. The van der Waals surface area contributed by atoms with Crippen LogP contribution in [0.2, 0.25) is 5.02 Å². The molecule has 1 aromatic carbocycles. The predicted octanol–water partition coefficient (Wildman–Crippen LogP) is 3.66. The number of nitrogens with one attached hydrogen (secondary N) is 1. The number of hydrogen-bond donors (Lipinski definition) is 1. The van der Waals surface area contributed by atoms with Crippen LogP contribution in [0.3, 0.4) is 0 Å². The van der Waals surface area contributed by atoms with Gasteiger partial charge in [-0.1, -0.05) is 50.6 Å². The van der Waals surface area contributed by atoms with Crippen LogP contribution < -0.4 is 5.32 Å². The molecule has 0 spiro atoms. The molecule has 0 heterocycles. The number of ether oxygens (including phenoxy) is 1. The third kappa shape index (κ3) is 3.44. The van der Waals surface area contributed by atoms with E-state index in [4.69, 9.17) is 16.3 Å². The summed E-state index contributed by atoms with van der Waals surface area (Å²) in [4.78, 5) is 0. The molecule has 0 bridgehead atoms. The number of benzene rings is 1. The summed E-state index contributed by atoms with van der Waals surface area (Å²) in [5.41, 5.74) is 1.13. The Hall–Kier alpha value is -0.570. The first-order valence-corrected chi connectivity index (χ1v) is 6.24. The van der Waals surface area contributed by atoms with E-state index >= 15 is 0 Å². The van der Waals surface area contributed by atoms with Crippen LogP contribution in [0.5, 0.6) is 0 Å². The van der Waals surface area contributed by atoms with Crippen molar-refractivity contribution >= 4 is 11.6 Å².